The Bertz CT molecular complexity index is 990. The maximum absolute atomic E-state index is 13.9. The van der Waals surface area contributed by atoms with Crippen molar-refractivity contribution in [1.29, 1.82) is 0 Å². The molecule has 1 aromatic rings. The van der Waals surface area contributed by atoms with Gasteiger partial charge in [0.25, 0.3) is 0 Å². The topological polar surface area (TPSA) is 108 Å². The van der Waals surface area contributed by atoms with Crippen LogP contribution in [0.1, 0.15) is 26.3 Å². The lowest BCUT2D eigenvalue weighted by atomic mass is 9.67. The van der Waals surface area contributed by atoms with Gasteiger partial charge >= 0.3 is 11.9 Å². The van der Waals surface area contributed by atoms with E-state index in [1.807, 2.05) is 0 Å². The lowest BCUT2D eigenvalue weighted by molar-refractivity contribution is -0.143. The number of nitrogens with zero attached hydrogens (tertiary/aromatic N) is 1. The molecule has 1 unspecified atom stereocenters. The number of ether oxygens (including phenoxy) is 3. The highest BCUT2D eigenvalue weighted by molar-refractivity contribution is 6.22. The smallest absolute Gasteiger partial charge is 0.341 e. The van der Waals surface area contributed by atoms with Gasteiger partial charge in [-0.15, -0.1) is 6.42 Å². The van der Waals surface area contributed by atoms with E-state index in [1.54, 1.807) is 38.1 Å². The van der Waals surface area contributed by atoms with Crippen molar-refractivity contribution in [3.05, 3.63) is 52.6 Å². The summed E-state index contributed by atoms with van der Waals surface area (Å²) in [6.07, 6.45) is 5.48. The van der Waals surface area contributed by atoms with Gasteiger partial charge in [0.15, 0.2) is 0 Å². The van der Waals surface area contributed by atoms with Crippen LogP contribution in [0.25, 0.3) is 0 Å². The minimum absolute atomic E-state index is 0.0348. The molecular formula is C22H22N2O6. The first-order valence-corrected chi connectivity index (χ1v) is 9.44. The van der Waals surface area contributed by atoms with Gasteiger partial charge in [0.2, 0.25) is 11.8 Å². The number of anilines is 1. The molecule has 2 aliphatic rings. The zero-order valence-corrected chi connectivity index (χ0v) is 17.0. The van der Waals surface area contributed by atoms with Crippen molar-refractivity contribution >= 4 is 23.5 Å². The van der Waals surface area contributed by atoms with Crippen LogP contribution in [0, 0.1) is 12.3 Å². The molecule has 1 amide bonds. The molecule has 0 aliphatic carbocycles. The summed E-state index contributed by atoms with van der Waals surface area (Å²) in [6.45, 7) is 4.77. The Morgan fingerprint density at radius 3 is 2.37 bits per heavy atom. The number of rotatable bonds is 5. The van der Waals surface area contributed by atoms with Crippen LogP contribution in [0.3, 0.4) is 0 Å². The van der Waals surface area contributed by atoms with Crippen LogP contribution in [0.4, 0.5) is 5.69 Å². The number of benzene rings is 1. The summed E-state index contributed by atoms with van der Waals surface area (Å²) in [5, 5.41) is 0. The Balaban J connectivity index is 2.43. The van der Waals surface area contributed by atoms with Crippen LogP contribution in [-0.2, 0) is 34.0 Å². The van der Waals surface area contributed by atoms with E-state index in [1.165, 1.54) is 11.8 Å². The number of carbonyl (C=O) groups excluding carboxylic acids is 3. The van der Waals surface area contributed by atoms with Gasteiger partial charge in [0.1, 0.15) is 22.3 Å². The van der Waals surface area contributed by atoms with Crippen molar-refractivity contribution in [3.63, 3.8) is 0 Å². The minimum Gasteiger partial charge on any atom is -0.462 e. The van der Waals surface area contributed by atoms with Crippen molar-refractivity contribution in [1.82, 2.24) is 0 Å². The van der Waals surface area contributed by atoms with Gasteiger partial charge in [-0.2, -0.15) is 0 Å². The first kappa shape index (κ1) is 21.0. The first-order chi connectivity index (χ1) is 14.4. The van der Waals surface area contributed by atoms with Crippen molar-refractivity contribution < 1.29 is 28.6 Å². The maximum atomic E-state index is 13.9. The molecule has 1 spiro atoms. The highest BCUT2D eigenvalue weighted by Crippen LogP contribution is 2.54. The summed E-state index contributed by atoms with van der Waals surface area (Å²) >= 11 is 0. The van der Waals surface area contributed by atoms with E-state index in [0.29, 0.717) is 11.3 Å². The quantitative estimate of drug-likeness (QED) is 0.579. The van der Waals surface area contributed by atoms with E-state index >= 15 is 0 Å². The third kappa shape index (κ3) is 2.82. The molecule has 2 aliphatic heterocycles. The Labute approximate surface area is 174 Å². The number of amides is 1. The molecule has 8 nitrogen and oxygen atoms in total. The zero-order chi connectivity index (χ0) is 22.1. The molecule has 0 saturated carbocycles. The van der Waals surface area contributed by atoms with Crippen molar-refractivity contribution in [2.45, 2.75) is 26.2 Å². The summed E-state index contributed by atoms with van der Waals surface area (Å²) in [7, 11) is 0. The molecule has 2 N–H and O–H groups in total. The van der Waals surface area contributed by atoms with Crippen LogP contribution < -0.4 is 10.6 Å². The zero-order valence-electron chi connectivity index (χ0n) is 17.0. The standard InChI is InChI=1S/C22H22N2O6/c1-5-12-24-15-11-9-8-10-14(15)22(21(24)27)16(19(25)28-6-2)13(4)30-18(23)17(22)20(26)29-7-3/h1,8-11H,6-7,12,23H2,2-4H3. The molecule has 1 atom stereocenters. The van der Waals surface area contributed by atoms with Crippen LogP contribution in [0.15, 0.2) is 47.1 Å². The fourth-order valence-electron chi connectivity index (χ4n) is 3.98. The summed E-state index contributed by atoms with van der Waals surface area (Å²) < 4.78 is 15.9. The average molecular weight is 410 g/mol. The second-order valence-electron chi connectivity index (χ2n) is 6.58. The molecule has 0 radical (unpaired) electrons. The lowest BCUT2D eigenvalue weighted by Gasteiger charge is -2.36. The Hall–Kier alpha value is -3.73. The van der Waals surface area contributed by atoms with E-state index in [0.717, 1.165) is 0 Å². The first-order valence-electron chi connectivity index (χ1n) is 9.44. The van der Waals surface area contributed by atoms with Crippen LogP contribution >= 0.6 is 0 Å². The van der Waals surface area contributed by atoms with Gasteiger partial charge in [-0.25, -0.2) is 9.59 Å². The van der Waals surface area contributed by atoms with Gasteiger partial charge in [-0.3, -0.25) is 9.69 Å². The summed E-state index contributed by atoms with van der Waals surface area (Å²) in [5.74, 6) is -0.0740. The average Bonchev–Trinajstić information content (AvgIpc) is 2.92. The van der Waals surface area contributed by atoms with Gasteiger partial charge in [-0.05, 0) is 26.8 Å². The molecule has 1 aromatic carbocycles. The number of esters is 2. The van der Waals surface area contributed by atoms with E-state index < -0.39 is 23.3 Å². The predicted octanol–water partition coefficient (Wildman–Crippen LogP) is 1.50. The monoisotopic (exact) mass is 410 g/mol. The molecule has 3 rings (SSSR count). The van der Waals surface area contributed by atoms with E-state index in [-0.39, 0.29) is 42.5 Å². The molecule has 8 heteroatoms. The normalized spacial score (nSPS) is 20.1. The maximum Gasteiger partial charge on any atom is 0.341 e. The molecule has 0 fully saturated rings. The number of fused-ring (bicyclic) bond motifs is 2. The Morgan fingerprint density at radius 2 is 1.77 bits per heavy atom. The van der Waals surface area contributed by atoms with Crippen LogP contribution in [0.5, 0.6) is 0 Å². The summed E-state index contributed by atoms with van der Waals surface area (Å²) in [5.41, 5.74) is 4.65. The second-order valence-corrected chi connectivity index (χ2v) is 6.58. The van der Waals surface area contributed by atoms with Crippen molar-refractivity contribution in [3.8, 4) is 12.3 Å². The largest absolute Gasteiger partial charge is 0.462 e. The highest BCUT2D eigenvalue weighted by Gasteiger charge is 2.63. The fraction of sp³-hybridized carbons (Fsp3) is 0.318. The molecule has 30 heavy (non-hydrogen) atoms. The molecule has 2 heterocycles. The molecule has 156 valence electrons. The summed E-state index contributed by atoms with van der Waals surface area (Å²) in [4.78, 5) is 41.3. The fourth-order valence-corrected chi connectivity index (χ4v) is 3.98. The van der Waals surface area contributed by atoms with Gasteiger partial charge in [-0.1, -0.05) is 24.1 Å². The van der Waals surface area contributed by atoms with Crippen LogP contribution in [0.2, 0.25) is 0 Å². The number of para-hydroxylation sites is 1. The van der Waals surface area contributed by atoms with Crippen LogP contribution in [-0.4, -0.2) is 37.6 Å². The number of carbonyl (C=O) groups is 3. The van der Waals surface area contributed by atoms with Crippen molar-refractivity contribution in [2.24, 2.45) is 5.73 Å². The Morgan fingerprint density at radius 1 is 1.17 bits per heavy atom. The number of nitrogens with two attached hydrogens (primary N) is 1. The molecule has 0 aromatic heterocycles. The van der Waals surface area contributed by atoms with Crippen molar-refractivity contribution in [2.75, 3.05) is 24.7 Å². The van der Waals surface area contributed by atoms with Gasteiger partial charge in [0.05, 0.1) is 19.8 Å². The number of hydrogen-bond acceptors (Lipinski definition) is 7. The summed E-state index contributed by atoms with van der Waals surface area (Å²) in [6, 6.07) is 6.76. The lowest BCUT2D eigenvalue weighted by Crippen LogP contribution is -2.51. The second kappa shape index (κ2) is 7.95. The van der Waals surface area contributed by atoms with Gasteiger partial charge < -0.3 is 19.9 Å². The number of terminal acetylenes is 1. The molecular weight excluding hydrogens is 388 g/mol. The third-order valence-electron chi connectivity index (χ3n) is 4.98. The van der Waals surface area contributed by atoms with E-state index in [4.69, 9.17) is 26.4 Å². The minimum atomic E-state index is -1.89. The SMILES string of the molecule is C#CCN1C(=O)C2(C(C(=O)OCC)=C(C)OC(N)=C2C(=O)OCC)c2ccccc21. The highest BCUT2D eigenvalue weighted by atomic mass is 16.5. The van der Waals surface area contributed by atoms with Gasteiger partial charge in [0, 0.05) is 11.3 Å². The number of hydrogen-bond donors (Lipinski definition) is 1. The van der Waals surface area contributed by atoms with E-state index in [9.17, 15) is 14.4 Å². The number of allylic oxidation sites excluding steroid dienone is 1. The molecule has 0 bridgehead atoms. The van der Waals surface area contributed by atoms with E-state index in [2.05, 4.69) is 5.92 Å². The Kier molecular flexibility index (Phi) is 5.56. The third-order valence-corrected chi connectivity index (χ3v) is 4.98. The predicted molar refractivity (Wildman–Crippen MR) is 108 cm³/mol. The molecule has 0 saturated heterocycles.